The first-order valence-electron chi connectivity index (χ1n) is 6.36. The zero-order chi connectivity index (χ0) is 13.5. The van der Waals surface area contributed by atoms with Gasteiger partial charge < -0.3 is 0 Å². The van der Waals surface area contributed by atoms with Crippen molar-refractivity contribution in [3.8, 4) is 0 Å². The second kappa shape index (κ2) is 4.66. The molecule has 2 rings (SSSR count). The van der Waals surface area contributed by atoms with Gasteiger partial charge in [-0.05, 0) is 25.7 Å². The molecular formula is C12H21N3O2S. The van der Waals surface area contributed by atoms with Gasteiger partial charge in [0, 0.05) is 25.3 Å². The van der Waals surface area contributed by atoms with Crippen molar-refractivity contribution < 1.29 is 8.42 Å². The van der Waals surface area contributed by atoms with Crippen LogP contribution in [0.15, 0.2) is 17.3 Å². The molecule has 1 aromatic rings. The second-order valence-electron chi connectivity index (χ2n) is 5.40. The second-order valence-corrected chi connectivity index (χ2v) is 7.24. The number of aromatic nitrogens is 2. The predicted molar refractivity (Wildman–Crippen MR) is 69.6 cm³/mol. The Bertz CT molecular complexity index is 517. The third kappa shape index (κ3) is 2.44. The standard InChI is InChI=1S/C12H21N3O2S/c1-9(2)10(3)15(11-5-6-11)18(16,17)12-7-13-14(4)8-12/h7-11H,5-6H2,1-4H3/t10-/m0/s1. The van der Waals surface area contributed by atoms with E-state index in [-0.39, 0.29) is 12.1 Å². The molecule has 1 fully saturated rings. The van der Waals surface area contributed by atoms with Gasteiger partial charge in [-0.2, -0.15) is 9.40 Å². The van der Waals surface area contributed by atoms with Crippen LogP contribution in [0.2, 0.25) is 0 Å². The Hall–Kier alpha value is -0.880. The normalized spacial score (nSPS) is 18.6. The quantitative estimate of drug-likeness (QED) is 0.817. The first-order chi connectivity index (χ1) is 8.34. The first-order valence-corrected chi connectivity index (χ1v) is 7.80. The van der Waals surface area contributed by atoms with Gasteiger partial charge in [0.05, 0.1) is 6.20 Å². The monoisotopic (exact) mass is 271 g/mol. The average molecular weight is 271 g/mol. The molecule has 1 heterocycles. The van der Waals surface area contributed by atoms with Crippen LogP contribution in [-0.2, 0) is 17.1 Å². The smallest absolute Gasteiger partial charge is 0.246 e. The minimum atomic E-state index is -3.41. The molecule has 102 valence electrons. The lowest BCUT2D eigenvalue weighted by molar-refractivity contribution is 0.269. The summed E-state index contributed by atoms with van der Waals surface area (Å²) >= 11 is 0. The number of aryl methyl sites for hydroxylation is 1. The first kappa shape index (κ1) is 13.5. The molecule has 1 aromatic heterocycles. The van der Waals surface area contributed by atoms with Gasteiger partial charge in [-0.3, -0.25) is 4.68 Å². The summed E-state index contributed by atoms with van der Waals surface area (Å²) in [5, 5.41) is 3.96. The summed E-state index contributed by atoms with van der Waals surface area (Å²) in [5.74, 6) is 0.303. The maximum atomic E-state index is 12.6. The Kier molecular flexibility index (Phi) is 3.51. The summed E-state index contributed by atoms with van der Waals surface area (Å²) in [6.07, 6.45) is 4.93. The highest BCUT2D eigenvalue weighted by molar-refractivity contribution is 7.89. The molecule has 1 saturated carbocycles. The highest BCUT2D eigenvalue weighted by atomic mass is 32.2. The summed E-state index contributed by atoms with van der Waals surface area (Å²) < 4.78 is 28.5. The zero-order valence-corrected chi connectivity index (χ0v) is 12.2. The zero-order valence-electron chi connectivity index (χ0n) is 11.4. The molecule has 1 atom stereocenters. The molecule has 0 bridgehead atoms. The van der Waals surface area contributed by atoms with Crippen LogP contribution >= 0.6 is 0 Å². The van der Waals surface area contributed by atoms with Gasteiger partial charge in [-0.25, -0.2) is 8.42 Å². The molecule has 18 heavy (non-hydrogen) atoms. The van der Waals surface area contributed by atoms with E-state index < -0.39 is 10.0 Å². The summed E-state index contributed by atoms with van der Waals surface area (Å²) in [6, 6.07) is 0.190. The van der Waals surface area contributed by atoms with E-state index in [0.717, 1.165) is 12.8 Å². The minimum absolute atomic E-state index is 0.0164. The van der Waals surface area contributed by atoms with E-state index in [1.54, 1.807) is 17.5 Å². The maximum Gasteiger partial charge on any atom is 0.246 e. The summed E-state index contributed by atoms with van der Waals surface area (Å²) in [4.78, 5) is 0.296. The van der Waals surface area contributed by atoms with Gasteiger partial charge in [0.2, 0.25) is 10.0 Å². The lowest BCUT2D eigenvalue weighted by Gasteiger charge is -2.30. The third-order valence-electron chi connectivity index (χ3n) is 3.53. The molecule has 0 radical (unpaired) electrons. The van der Waals surface area contributed by atoms with Crippen LogP contribution in [0.4, 0.5) is 0 Å². The molecular weight excluding hydrogens is 250 g/mol. The van der Waals surface area contributed by atoms with Crippen molar-refractivity contribution in [2.24, 2.45) is 13.0 Å². The summed E-state index contributed by atoms with van der Waals surface area (Å²) in [5.41, 5.74) is 0. The highest BCUT2D eigenvalue weighted by Gasteiger charge is 2.42. The Morgan fingerprint density at radius 2 is 2.00 bits per heavy atom. The number of rotatable bonds is 5. The van der Waals surface area contributed by atoms with Gasteiger partial charge >= 0.3 is 0 Å². The predicted octanol–water partition coefficient (Wildman–Crippen LogP) is 1.62. The van der Waals surface area contributed by atoms with E-state index in [1.807, 2.05) is 6.92 Å². The minimum Gasteiger partial charge on any atom is -0.274 e. The van der Waals surface area contributed by atoms with E-state index in [0.29, 0.717) is 10.8 Å². The molecule has 0 aliphatic heterocycles. The van der Waals surface area contributed by atoms with Crippen molar-refractivity contribution in [1.82, 2.24) is 14.1 Å². The summed E-state index contributed by atoms with van der Waals surface area (Å²) in [6.45, 7) is 6.09. The van der Waals surface area contributed by atoms with E-state index in [4.69, 9.17) is 0 Å². The van der Waals surface area contributed by atoms with Crippen LogP contribution in [0.25, 0.3) is 0 Å². The number of hydrogen-bond acceptors (Lipinski definition) is 3. The molecule has 0 unspecified atom stereocenters. The van der Waals surface area contributed by atoms with Gasteiger partial charge in [-0.1, -0.05) is 13.8 Å². The van der Waals surface area contributed by atoms with Crippen LogP contribution in [-0.4, -0.2) is 34.6 Å². The van der Waals surface area contributed by atoms with Crippen molar-refractivity contribution in [2.75, 3.05) is 0 Å². The molecule has 1 aliphatic rings. The fraction of sp³-hybridized carbons (Fsp3) is 0.750. The molecule has 6 heteroatoms. The third-order valence-corrected chi connectivity index (χ3v) is 5.52. The van der Waals surface area contributed by atoms with Crippen molar-refractivity contribution in [3.63, 3.8) is 0 Å². The van der Waals surface area contributed by atoms with E-state index in [2.05, 4.69) is 18.9 Å². The number of hydrogen-bond donors (Lipinski definition) is 0. The molecule has 1 aliphatic carbocycles. The van der Waals surface area contributed by atoms with Gasteiger partial charge in [-0.15, -0.1) is 0 Å². The lowest BCUT2D eigenvalue weighted by atomic mass is 10.1. The largest absolute Gasteiger partial charge is 0.274 e. The van der Waals surface area contributed by atoms with E-state index in [9.17, 15) is 8.42 Å². The van der Waals surface area contributed by atoms with E-state index >= 15 is 0 Å². The van der Waals surface area contributed by atoms with Crippen LogP contribution < -0.4 is 0 Å². The van der Waals surface area contributed by atoms with Crippen molar-refractivity contribution >= 4 is 10.0 Å². The molecule has 0 amide bonds. The van der Waals surface area contributed by atoms with E-state index in [1.165, 1.54) is 10.9 Å². The molecule has 5 nitrogen and oxygen atoms in total. The average Bonchev–Trinajstić information content (AvgIpc) is 2.99. The Labute approximate surface area is 109 Å². The lowest BCUT2D eigenvalue weighted by Crippen LogP contribution is -2.42. The van der Waals surface area contributed by atoms with Crippen molar-refractivity contribution in [2.45, 2.75) is 50.6 Å². The fourth-order valence-electron chi connectivity index (χ4n) is 2.02. The molecule has 0 spiro atoms. The number of sulfonamides is 1. The van der Waals surface area contributed by atoms with Gasteiger partial charge in [0.15, 0.2) is 0 Å². The number of nitrogens with zero attached hydrogens (tertiary/aromatic N) is 3. The highest BCUT2D eigenvalue weighted by Crippen LogP contribution is 2.35. The van der Waals surface area contributed by atoms with Crippen LogP contribution in [0.1, 0.15) is 33.6 Å². The maximum absolute atomic E-state index is 12.6. The Morgan fingerprint density at radius 1 is 1.39 bits per heavy atom. The van der Waals surface area contributed by atoms with Gasteiger partial charge in [0.1, 0.15) is 4.90 Å². The van der Waals surface area contributed by atoms with Gasteiger partial charge in [0.25, 0.3) is 0 Å². The Morgan fingerprint density at radius 3 is 2.39 bits per heavy atom. The molecule has 0 saturated heterocycles. The topological polar surface area (TPSA) is 55.2 Å². The van der Waals surface area contributed by atoms with Crippen LogP contribution in [0.3, 0.4) is 0 Å². The fourth-order valence-corrected chi connectivity index (χ4v) is 4.02. The van der Waals surface area contributed by atoms with Crippen molar-refractivity contribution in [3.05, 3.63) is 12.4 Å². The van der Waals surface area contributed by atoms with Crippen molar-refractivity contribution in [1.29, 1.82) is 0 Å². The summed E-state index contributed by atoms with van der Waals surface area (Å²) in [7, 11) is -1.68. The SMILES string of the molecule is CC(C)[C@H](C)N(C1CC1)S(=O)(=O)c1cnn(C)c1. The van der Waals surface area contributed by atoms with Crippen LogP contribution in [0.5, 0.6) is 0 Å². The molecule has 0 N–H and O–H groups in total. The molecule has 0 aromatic carbocycles. The van der Waals surface area contributed by atoms with Crippen LogP contribution in [0, 0.1) is 5.92 Å². The Balaban J connectivity index is 2.36.